The van der Waals surface area contributed by atoms with Crippen LogP contribution in [0, 0.1) is 11.3 Å². The van der Waals surface area contributed by atoms with Crippen molar-refractivity contribution < 1.29 is 9.53 Å². The normalized spacial score (nSPS) is 16.4. The largest absolute Gasteiger partial charge is 0.490 e. The fraction of sp³-hybridized carbons (Fsp3) is 0.370. The zero-order valence-corrected chi connectivity index (χ0v) is 21.0. The summed E-state index contributed by atoms with van der Waals surface area (Å²) in [6.45, 7) is 5.26. The van der Waals surface area contributed by atoms with Crippen molar-refractivity contribution >= 4 is 17.4 Å². The predicted molar refractivity (Wildman–Crippen MR) is 139 cm³/mol. The number of hydrogen-bond donors (Lipinski definition) is 2. The van der Waals surface area contributed by atoms with E-state index in [-0.39, 0.29) is 18.2 Å². The molecule has 0 radical (unpaired) electrons. The Labute approximate surface area is 210 Å². The molecule has 1 aliphatic carbocycles. The molecular weight excluding hydrogens is 458 g/mol. The Bertz CT molecular complexity index is 1250. The molecular formula is C27H31N5O2S. The smallest absolute Gasteiger partial charge is 0.314 e. The summed E-state index contributed by atoms with van der Waals surface area (Å²) in [5.41, 5.74) is 16.3. The van der Waals surface area contributed by atoms with Gasteiger partial charge in [0.05, 0.1) is 16.5 Å². The van der Waals surface area contributed by atoms with E-state index in [0.29, 0.717) is 17.9 Å². The first kappa shape index (κ1) is 24.7. The first-order chi connectivity index (χ1) is 16.9. The summed E-state index contributed by atoms with van der Waals surface area (Å²) < 4.78 is 5.71. The van der Waals surface area contributed by atoms with Crippen LogP contribution >= 0.6 is 11.3 Å². The highest BCUT2D eigenvalue weighted by molar-refractivity contribution is 7.18. The lowest BCUT2D eigenvalue weighted by molar-refractivity contribution is 0.218. The molecule has 7 nitrogen and oxygen atoms in total. The van der Waals surface area contributed by atoms with Crippen molar-refractivity contribution in [1.29, 1.82) is 5.26 Å². The minimum Gasteiger partial charge on any atom is -0.490 e. The molecule has 2 aliphatic rings. The molecule has 0 spiro atoms. The number of carbonyl (C=O) groups is 1. The molecule has 1 aromatic heterocycles. The molecule has 1 atom stereocenters. The van der Waals surface area contributed by atoms with Crippen LogP contribution in [0.15, 0.2) is 42.6 Å². The molecule has 1 fully saturated rings. The van der Waals surface area contributed by atoms with E-state index in [1.807, 2.05) is 38.2 Å². The van der Waals surface area contributed by atoms with Crippen LogP contribution in [0.5, 0.6) is 5.75 Å². The number of likely N-dealkylation sites (tertiary alicyclic amines) is 1. The number of urea groups is 1. The number of fused-ring (bicyclic) bond motifs is 1. The molecule has 8 heteroatoms. The number of hydrogen-bond acceptors (Lipinski definition) is 6. The Morgan fingerprint density at radius 2 is 2.11 bits per heavy atom. The van der Waals surface area contributed by atoms with E-state index in [0.717, 1.165) is 30.0 Å². The van der Waals surface area contributed by atoms with E-state index in [1.54, 1.807) is 16.2 Å². The van der Waals surface area contributed by atoms with Crippen molar-refractivity contribution in [2.24, 2.45) is 11.5 Å². The first-order valence-electron chi connectivity index (χ1n) is 11.9. The van der Waals surface area contributed by atoms with Gasteiger partial charge in [0.15, 0.2) is 0 Å². The molecule has 2 heterocycles. The molecule has 0 saturated carbocycles. The van der Waals surface area contributed by atoms with Gasteiger partial charge in [0.1, 0.15) is 16.8 Å². The number of rotatable bonds is 4. The molecule has 1 aliphatic heterocycles. The second-order valence-corrected chi connectivity index (χ2v) is 10.2. The summed E-state index contributed by atoms with van der Waals surface area (Å²) in [7, 11) is 0. The average molecular weight is 490 g/mol. The summed E-state index contributed by atoms with van der Waals surface area (Å²) in [5.74, 6) is 0.629. The molecule has 2 aromatic carbocycles. The van der Waals surface area contributed by atoms with Crippen LogP contribution in [-0.2, 0) is 12.8 Å². The Morgan fingerprint density at radius 3 is 2.77 bits per heavy atom. The molecule has 35 heavy (non-hydrogen) atoms. The number of amides is 2. The van der Waals surface area contributed by atoms with Gasteiger partial charge < -0.3 is 21.1 Å². The molecule has 1 saturated heterocycles. The van der Waals surface area contributed by atoms with Gasteiger partial charge in [-0.05, 0) is 74.4 Å². The highest BCUT2D eigenvalue weighted by atomic mass is 32.1. The lowest BCUT2D eigenvalue weighted by Crippen LogP contribution is -2.35. The maximum absolute atomic E-state index is 10.4. The quantitative estimate of drug-likeness (QED) is 0.550. The van der Waals surface area contributed by atoms with Crippen LogP contribution in [0.3, 0.4) is 0 Å². The summed E-state index contributed by atoms with van der Waals surface area (Å²) in [4.78, 5) is 17.8. The van der Waals surface area contributed by atoms with Crippen LogP contribution < -0.4 is 16.2 Å². The molecule has 4 N–H and O–H groups in total. The zero-order chi connectivity index (χ0) is 24.9. The van der Waals surface area contributed by atoms with Crippen LogP contribution in [0.2, 0.25) is 0 Å². The maximum Gasteiger partial charge on any atom is 0.314 e. The Morgan fingerprint density at radius 1 is 1.29 bits per heavy atom. The number of primary amides is 1. The molecule has 182 valence electrons. The summed E-state index contributed by atoms with van der Waals surface area (Å²) >= 11 is 1.68. The van der Waals surface area contributed by atoms with Crippen molar-refractivity contribution in [3.8, 4) is 32.8 Å². The van der Waals surface area contributed by atoms with E-state index in [9.17, 15) is 10.1 Å². The molecule has 0 bridgehead atoms. The lowest BCUT2D eigenvalue weighted by atomic mass is 10.0. The number of nitrogens with two attached hydrogens (primary N) is 2. The van der Waals surface area contributed by atoms with E-state index in [2.05, 4.69) is 29.3 Å². The number of thiazole rings is 1. The topological polar surface area (TPSA) is 118 Å². The van der Waals surface area contributed by atoms with Crippen molar-refractivity contribution in [2.75, 3.05) is 13.1 Å². The minimum absolute atomic E-state index is 0.0413. The van der Waals surface area contributed by atoms with E-state index >= 15 is 0 Å². The maximum atomic E-state index is 10.4. The van der Waals surface area contributed by atoms with Crippen molar-refractivity contribution in [3.63, 3.8) is 0 Å². The monoisotopic (exact) mass is 489 g/mol. The predicted octanol–water partition coefficient (Wildman–Crippen LogP) is 4.72. The summed E-state index contributed by atoms with van der Waals surface area (Å²) in [5, 5.41) is 10.4. The Hall–Kier alpha value is -3.41. The third-order valence-corrected chi connectivity index (χ3v) is 7.24. The third kappa shape index (κ3) is 5.81. The van der Waals surface area contributed by atoms with E-state index in [4.69, 9.17) is 16.2 Å². The van der Waals surface area contributed by atoms with Gasteiger partial charge in [-0.15, -0.1) is 11.3 Å². The van der Waals surface area contributed by atoms with Crippen LogP contribution in [0.1, 0.15) is 43.4 Å². The van der Waals surface area contributed by atoms with Gasteiger partial charge in [-0.1, -0.05) is 18.2 Å². The van der Waals surface area contributed by atoms with Gasteiger partial charge >= 0.3 is 6.03 Å². The second kappa shape index (κ2) is 10.9. The van der Waals surface area contributed by atoms with Crippen LogP contribution in [0.25, 0.3) is 21.0 Å². The first-order valence-corrected chi connectivity index (χ1v) is 12.8. The minimum atomic E-state index is -0.358. The van der Waals surface area contributed by atoms with Crippen LogP contribution in [-0.4, -0.2) is 41.2 Å². The standard InChI is InChI=1S/C22H20N2OS.C5H11N3O/c1-14(2)25-20-10-9-16(11-17(20)12-23)22-24-13-21(26-22)19-8-4-6-15-5-3-7-18(15)19;6-4-1-2-8(3-4)5(7)9/h4,6,8-11,13-14H,3,5,7H2,1-2H3;4H,1-3,6H2,(H2,7,9)/t;4-/m.1/s1. The summed E-state index contributed by atoms with van der Waals surface area (Å²) in [6.07, 6.45) is 6.44. The zero-order valence-electron chi connectivity index (χ0n) is 20.2. The summed E-state index contributed by atoms with van der Waals surface area (Å²) in [6, 6.07) is 14.3. The average Bonchev–Trinajstić information content (AvgIpc) is 3.59. The molecule has 0 unspecified atom stereocenters. The highest BCUT2D eigenvalue weighted by Gasteiger charge is 2.21. The van der Waals surface area contributed by atoms with Crippen molar-refractivity contribution in [3.05, 3.63) is 59.3 Å². The second-order valence-electron chi connectivity index (χ2n) is 9.15. The van der Waals surface area contributed by atoms with Gasteiger partial charge in [0.25, 0.3) is 0 Å². The number of benzene rings is 2. The van der Waals surface area contributed by atoms with Gasteiger partial charge in [-0.3, -0.25) is 0 Å². The molecule has 5 rings (SSSR count). The van der Waals surface area contributed by atoms with Gasteiger partial charge in [0.2, 0.25) is 0 Å². The molecule has 2 amide bonds. The lowest BCUT2D eigenvalue weighted by Gasteiger charge is -2.11. The number of nitrogens with zero attached hydrogens (tertiary/aromatic N) is 3. The third-order valence-electron chi connectivity index (χ3n) is 6.16. The number of aromatic nitrogens is 1. The van der Waals surface area contributed by atoms with Crippen molar-refractivity contribution in [2.45, 2.75) is 51.7 Å². The highest BCUT2D eigenvalue weighted by Crippen LogP contribution is 2.38. The van der Waals surface area contributed by atoms with E-state index in [1.165, 1.54) is 34.4 Å². The number of ether oxygens (including phenoxy) is 1. The number of carbonyl (C=O) groups excluding carboxylic acids is 1. The van der Waals surface area contributed by atoms with E-state index < -0.39 is 0 Å². The van der Waals surface area contributed by atoms with Gasteiger partial charge in [0, 0.05) is 30.9 Å². The Balaban J connectivity index is 0.000000271. The fourth-order valence-electron chi connectivity index (χ4n) is 4.48. The van der Waals surface area contributed by atoms with Crippen molar-refractivity contribution in [1.82, 2.24) is 9.88 Å². The van der Waals surface area contributed by atoms with Gasteiger partial charge in [-0.25, -0.2) is 9.78 Å². The number of aryl methyl sites for hydroxylation is 1. The SMILES string of the molecule is CC(C)Oc1ccc(-c2ncc(-c3cccc4c3CCC4)s2)cc1C#N.NC(=O)N1CC[C@@H](N)C1. The van der Waals surface area contributed by atoms with Crippen LogP contribution in [0.4, 0.5) is 4.79 Å². The van der Waals surface area contributed by atoms with Gasteiger partial charge in [-0.2, -0.15) is 5.26 Å². The molecule has 3 aromatic rings. The number of nitriles is 1. The Kier molecular flexibility index (Phi) is 7.69. The fourth-order valence-corrected chi connectivity index (χ4v) is 5.44.